The number of rotatable bonds is 5. The largest absolute Gasteiger partial charge is 0.383 e. The summed E-state index contributed by atoms with van der Waals surface area (Å²) in [4.78, 5) is 11.4. The normalized spacial score (nSPS) is 12.4. The van der Waals surface area contributed by atoms with Crippen molar-refractivity contribution in [1.82, 2.24) is 20.2 Å². The molecule has 1 heterocycles. The van der Waals surface area contributed by atoms with Crippen LogP contribution in [0.15, 0.2) is 11.1 Å². The van der Waals surface area contributed by atoms with E-state index in [1.54, 1.807) is 0 Å². The maximum Gasteiger partial charge on any atom is 0.245 e. The lowest BCUT2D eigenvalue weighted by Gasteiger charge is -2.20. The maximum absolute atomic E-state index is 11.8. The summed E-state index contributed by atoms with van der Waals surface area (Å²) in [6.45, 7) is 5.54. The molecule has 0 aromatic carbocycles. The van der Waals surface area contributed by atoms with E-state index in [2.05, 4.69) is 20.2 Å². The van der Waals surface area contributed by atoms with Crippen molar-refractivity contribution in [3.05, 3.63) is 6.20 Å². The minimum atomic E-state index is -3.74. The number of carbonyl (C=O) groups is 1. The molecule has 0 bridgehead atoms. The monoisotopic (exact) mass is 289 g/mol. The first-order valence-electron chi connectivity index (χ1n) is 5.71. The maximum atomic E-state index is 11.8. The predicted molar refractivity (Wildman–Crippen MR) is 70.7 cm³/mol. The molecule has 0 radical (unpaired) electrons. The molecular weight excluding hydrogens is 270 g/mol. The second kappa shape index (κ2) is 5.57. The van der Waals surface area contributed by atoms with Gasteiger partial charge in [0.05, 0.1) is 6.20 Å². The van der Waals surface area contributed by atoms with Gasteiger partial charge < -0.3 is 11.1 Å². The quantitative estimate of drug-likeness (QED) is 0.584. The van der Waals surface area contributed by atoms with E-state index in [9.17, 15) is 13.2 Å². The Labute approximate surface area is 112 Å². The van der Waals surface area contributed by atoms with Gasteiger partial charge in [-0.05, 0) is 20.8 Å². The third-order valence-electron chi connectivity index (χ3n) is 2.08. The van der Waals surface area contributed by atoms with Crippen molar-refractivity contribution in [3.8, 4) is 0 Å². The minimum absolute atomic E-state index is 0.00509. The topological polar surface area (TPSA) is 130 Å². The van der Waals surface area contributed by atoms with Gasteiger partial charge in [0.25, 0.3) is 0 Å². The smallest absolute Gasteiger partial charge is 0.245 e. The standard InChI is InChI=1S/C10H19N5O3S/c1-10(2,3)14-8(16)4-5-13-19(17,18)7-6-12-15-9(7)11/h6,13H,4-5H2,1-3H3,(H,14,16)(H3,11,12,15). The average molecular weight is 289 g/mol. The highest BCUT2D eigenvalue weighted by Crippen LogP contribution is 2.13. The van der Waals surface area contributed by atoms with Gasteiger partial charge in [0.2, 0.25) is 15.9 Å². The summed E-state index contributed by atoms with van der Waals surface area (Å²) >= 11 is 0. The Morgan fingerprint density at radius 3 is 2.58 bits per heavy atom. The summed E-state index contributed by atoms with van der Waals surface area (Å²) in [7, 11) is -3.74. The summed E-state index contributed by atoms with van der Waals surface area (Å²) in [5.41, 5.74) is 5.08. The molecular formula is C10H19N5O3S. The number of hydrogen-bond donors (Lipinski definition) is 4. The molecule has 8 nitrogen and oxygen atoms in total. The Hall–Kier alpha value is -1.61. The summed E-state index contributed by atoms with van der Waals surface area (Å²) in [5, 5.41) is 8.60. The number of sulfonamides is 1. The third kappa shape index (κ3) is 4.87. The van der Waals surface area contributed by atoms with Gasteiger partial charge in [-0.25, -0.2) is 13.1 Å². The van der Waals surface area contributed by atoms with Crippen molar-refractivity contribution in [2.24, 2.45) is 0 Å². The molecule has 1 aromatic rings. The number of nitrogens with one attached hydrogen (secondary N) is 3. The first-order chi connectivity index (χ1) is 8.62. The highest BCUT2D eigenvalue weighted by atomic mass is 32.2. The van der Waals surface area contributed by atoms with Crippen LogP contribution >= 0.6 is 0 Å². The average Bonchev–Trinajstić information content (AvgIpc) is 2.61. The van der Waals surface area contributed by atoms with Gasteiger partial charge in [-0.15, -0.1) is 0 Å². The van der Waals surface area contributed by atoms with Crippen LogP contribution in [0.3, 0.4) is 0 Å². The number of aromatic nitrogens is 2. The summed E-state index contributed by atoms with van der Waals surface area (Å²) in [6.07, 6.45) is 1.17. The fraction of sp³-hybridized carbons (Fsp3) is 0.600. The molecule has 0 fully saturated rings. The third-order valence-corrected chi connectivity index (χ3v) is 3.57. The van der Waals surface area contributed by atoms with E-state index in [0.717, 1.165) is 6.20 Å². The Morgan fingerprint density at radius 1 is 1.47 bits per heavy atom. The lowest BCUT2D eigenvalue weighted by Crippen LogP contribution is -2.41. The van der Waals surface area contributed by atoms with Gasteiger partial charge in [0, 0.05) is 18.5 Å². The van der Waals surface area contributed by atoms with Crippen molar-refractivity contribution >= 4 is 21.7 Å². The number of nitrogens with two attached hydrogens (primary N) is 1. The van der Waals surface area contributed by atoms with E-state index in [1.807, 2.05) is 20.8 Å². The van der Waals surface area contributed by atoms with Crippen LogP contribution in [0.5, 0.6) is 0 Å². The molecule has 0 saturated carbocycles. The van der Waals surface area contributed by atoms with Gasteiger partial charge in [-0.2, -0.15) is 5.10 Å². The first-order valence-corrected chi connectivity index (χ1v) is 7.20. The molecule has 19 heavy (non-hydrogen) atoms. The molecule has 0 aliphatic heterocycles. The molecule has 108 valence electrons. The summed E-state index contributed by atoms with van der Waals surface area (Å²) < 4.78 is 25.9. The van der Waals surface area contributed by atoms with Crippen molar-refractivity contribution in [1.29, 1.82) is 0 Å². The molecule has 1 rings (SSSR count). The van der Waals surface area contributed by atoms with Gasteiger partial charge in [0.15, 0.2) is 0 Å². The number of nitrogens with zero attached hydrogens (tertiary/aromatic N) is 1. The van der Waals surface area contributed by atoms with Crippen molar-refractivity contribution in [2.75, 3.05) is 12.3 Å². The summed E-state index contributed by atoms with van der Waals surface area (Å²) in [5.74, 6) is -0.262. The number of nitrogen functional groups attached to an aromatic ring is 1. The van der Waals surface area contributed by atoms with Crippen LogP contribution in [-0.2, 0) is 14.8 Å². The van der Waals surface area contributed by atoms with Gasteiger partial charge in [-0.3, -0.25) is 9.89 Å². The molecule has 1 aromatic heterocycles. The molecule has 0 saturated heterocycles. The van der Waals surface area contributed by atoms with Crippen LogP contribution in [0.25, 0.3) is 0 Å². The first kappa shape index (κ1) is 15.4. The van der Waals surface area contributed by atoms with E-state index in [-0.39, 0.29) is 35.1 Å². The molecule has 1 amide bonds. The van der Waals surface area contributed by atoms with E-state index in [4.69, 9.17) is 5.73 Å². The van der Waals surface area contributed by atoms with E-state index in [0.29, 0.717) is 0 Å². The second-order valence-electron chi connectivity index (χ2n) is 5.09. The fourth-order valence-corrected chi connectivity index (χ4v) is 2.41. The predicted octanol–water partition coefficient (Wildman–Crippen LogP) is -0.425. The van der Waals surface area contributed by atoms with Crippen LogP contribution in [0, 0.1) is 0 Å². The lowest BCUT2D eigenvalue weighted by molar-refractivity contribution is -0.122. The Morgan fingerprint density at radius 2 is 2.11 bits per heavy atom. The van der Waals surface area contributed by atoms with Crippen molar-refractivity contribution in [3.63, 3.8) is 0 Å². The van der Waals surface area contributed by atoms with E-state index < -0.39 is 10.0 Å². The molecule has 0 spiro atoms. The molecule has 0 aliphatic carbocycles. The summed E-state index contributed by atoms with van der Waals surface area (Å²) in [6, 6.07) is 0. The molecule has 0 aliphatic rings. The molecule has 0 atom stereocenters. The Balaban J connectivity index is 2.50. The highest BCUT2D eigenvalue weighted by molar-refractivity contribution is 7.89. The molecule has 0 unspecified atom stereocenters. The molecule has 9 heteroatoms. The number of anilines is 1. The second-order valence-corrected chi connectivity index (χ2v) is 6.83. The van der Waals surface area contributed by atoms with Crippen molar-refractivity contribution < 1.29 is 13.2 Å². The Kier molecular flexibility index (Phi) is 4.53. The Bertz CT molecular complexity index is 544. The molecule has 5 N–H and O–H groups in total. The number of carbonyl (C=O) groups excluding carboxylic acids is 1. The fourth-order valence-electron chi connectivity index (χ4n) is 1.36. The van der Waals surface area contributed by atoms with Crippen LogP contribution in [0.1, 0.15) is 27.2 Å². The number of H-pyrrole nitrogens is 1. The minimum Gasteiger partial charge on any atom is -0.383 e. The zero-order valence-corrected chi connectivity index (χ0v) is 12.0. The van der Waals surface area contributed by atoms with Crippen LogP contribution < -0.4 is 15.8 Å². The van der Waals surface area contributed by atoms with Gasteiger partial charge in [-0.1, -0.05) is 0 Å². The van der Waals surface area contributed by atoms with E-state index >= 15 is 0 Å². The van der Waals surface area contributed by atoms with Crippen LogP contribution in [0.4, 0.5) is 5.82 Å². The number of aromatic amines is 1. The highest BCUT2D eigenvalue weighted by Gasteiger charge is 2.20. The SMILES string of the molecule is CC(C)(C)NC(=O)CCNS(=O)(=O)c1cn[nH]c1N. The van der Waals surface area contributed by atoms with Crippen LogP contribution in [0.2, 0.25) is 0 Å². The van der Waals surface area contributed by atoms with Crippen LogP contribution in [-0.4, -0.2) is 36.6 Å². The van der Waals surface area contributed by atoms with Crippen molar-refractivity contribution in [2.45, 2.75) is 37.6 Å². The van der Waals surface area contributed by atoms with E-state index in [1.165, 1.54) is 0 Å². The lowest BCUT2D eigenvalue weighted by atomic mass is 10.1. The zero-order chi connectivity index (χ0) is 14.7. The van der Waals surface area contributed by atoms with Gasteiger partial charge in [0.1, 0.15) is 10.7 Å². The zero-order valence-electron chi connectivity index (χ0n) is 11.1. The van der Waals surface area contributed by atoms with Gasteiger partial charge >= 0.3 is 0 Å². The number of hydrogen-bond acceptors (Lipinski definition) is 5. The number of amides is 1.